The highest BCUT2D eigenvalue weighted by molar-refractivity contribution is 5.94. The van der Waals surface area contributed by atoms with Crippen LogP contribution in [0.5, 0.6) is 0 Å². The van der Waals surface area contributed by atoms with Gasteiger partial charge in [-0.25, -0.2) is 9.59 Å². The van der Waals surface area contributed by atoms with Crippen molar-refractivity contribution in [2.24, 2.45) is 11.8 Å². The fraction of sp³-hybridized carbons (Fsp3) is 0.650. The number of nitrogens with one attached hydrogen (secondary N) is 1. The monoisotopic (exact) mass is 363 g/mol. The maximum atomic E-state index is 12.7. The van der Waals surface area contributed by atoms with Gasteiger partial charge in [0.15, 0.2) is 6.10 Å². The summed E-state index contributed by atoms with van der Waals surface area (Å²) in [5.74, 6) is -0.462. The SMILES string of the molecule is Cc1cc(=O)oc(C)c1C(=O)O[C@H](C(=O)N[C@@H]1CCCC[C@H]1C)C(C)C. The summed E-state index contributed by atoms with van der Waals surface area (Å²) in [6, 6.07) is 1.37. The van der Waals surface area contributed by atoms with Gasteiger partial charge >= 0.3 is 11.6 Å². The fourth-order valence-electron chi connectivity index (χ4n) is 3.52. The predicted octanol–water partition coefficient (Wildman–Crippen LogP) is 3.13. The smallest absolute Gasteiger partial charge is 0.342 e. The van der Waals surface area contributed by atoms with Crippen LogP contribution in [0.1, 0.15) is 68.1 Å². The number of ether oxygens (including phenoxy) is 1. The van der Waals surface area contributed by atoms with Crippen LogP contribution in [0.25, 0.3) is 0 Å². The van der Waals surface area contributed by atoms with Crippen molar-refractivity contribution in [3.05, 3.63) is 33.4 Å². The minimum absolute atomic E-state index is 0.120. The van der Waals surface area contributed by atoms with Crippen molar-refractivity contribution in [2.45, 2.75) is 72.4 Å². The lowest BCUT2D eigenvalue weighted by Crippen LogP contribution is -2.48. The summed E-state index contributed by atoms with van der Waals surface area (Å²) in [6.45, 7) is 9.01. The Bertz CT molecular complexity index is 695. The molecule has 3 atom stereocenters. The van der Waals surface area contributed by atoms with E-state index >= 15 is 0 Å². The molecule has 26 heavy (non-hydrogen) atoms. The summed E-state index contributed by atoms with van der Waals surface area (Å²) in [5, 5.41) is 3.06. The van der Waals surface area contributed by atoms with Gasteiger partial charge in [0.05, 0.1) is 0 Å². The quantitative estimate of drug-likeness (QED) is 0.812. The highest BCUT2D eigenvalue weighted by Gasteiger charge is 2.32. The third-order valence-electron chi connectivity index (χ3n) is 5.08. The molecule has 0 aromatic carbocycles. The number of aryl methyl sites for hydroxylation is 2. The molecule has 0 unspecified atom stereocenters. The molecule has 0 bridgehead atoms. The average molecular weight is 363 g/mol. The first-order valence-corrected chi connectivity index (χ1v) is 9.33. The summed E-state index contributed by atoms with van der Waals surface area (Å²) in [5.41, 5.74) is 0.169. The van der Waals surface area contributed by atoms with Gasteiger partial charge in [-0.15, -0.1) is 0 Å². The summed E-state index contributed by atoms with van der Waals surface area (Å²) in [4.78, 5) is 36.7. The maximum absolute atomic E-state index is 12.7. The van der Waals surface area contributed by atoms with Crippen molar-refractivity contribution in [1.82, 2.24) is 5.32 Å². The van der Waals surface area contributed by atoms with Gasteiger partial charge < -0.3 is 14.5 Å². The van der Waals surface area contributed by atoms with Crippen molar-refractivity contribution in [2.75, 3.05) is 0 Å². The third kappa shape index (κ3) is 4.74. The molecule has 0 saturated heterocycles. The van der Waals surface area contributed by atoms with E-state index < -0.39 is 17.7 Å². The van der Waals surface area contributed by atoms with Crippen LogP contribution in [-0.2, 0) is 9.53 Å². The van der Waals surface area contributed by atoms with Gasteiger partial charge in [-0.2, -0.15) is 0 Å². The largest absolute Gasteiger partial charge is 0.448 e. The molecule has 0 aliphatic heterocycles. The molecule has 1 N–H and O–H groups in total. The third-order valence-corrected chi connectivity index (χ3v) is 5.08. The van der Waals surface area contributed by atoms with E-state index in [-0.39, 0.29) is 29.2 Å². The summed E-state index contributed by atoms with van der Waals surface area (Å²) < 4.78 is 10.5. The first kappa shape index (κ1) is 20.2. The van der Waals surface area contributed by atoms with Crippen molar-refractivity contribution < 1.29 is 18.7 Å². The van der Waals surface area contributed by atoms with E-state index in [2.05, 4.69) is 12.2 Å². The van der Waals surface area contributed by atoms with Crippen LogP contribution in [0.3, 0.4) is 0 Å². The lowest BCUT2D eigenvalue weighted by molar-refractivity contribution is -0.133. The van der Waals surface area contributed by atoms with E-state index in [9.17, 15) is 14.4 Å². The zero-order valence-corrected chi connectivity index (χ0v) is 16.3. The van der Waals surface area contributed by atoms with E-state index in [1.54, 1.807) is 13.8 Å². The second-order valence-electron chi connectivity index (χ2n) is 7.63. The van der Waals surface area contributed by atoms with Crippen molar-refractivity contribution >= 4 is 11.9 Å². The molecule has 1 aliphatic carbocycles. The van der Waals surface area contributed by atoms with Gasteiger partial charge in [0.1, 0.15) is 11.3 Å². The van der Waals surface area contributed by atoms with Gasteiger partial charge in [0.2, 0.25) is 0 Å². The Hall–Kier alpha value is -2.11. The van der Waals surface area contributed by atoms with E-state index in [0.717, 1.165) is 19.3 Å². The number of amides is 1. The Balaban J connectivity index is 2.13. The molecule has 1 aromatic heterocycles. The summed E-state index contributed by atoms with van der Waals surface area (Å²) in [6.07, 6.45) is 3.45. The highest BCUT2D eigenvalue weighted by atomic mass is 16.5. The molecular formula is C20H29NO5. The van der Waals surface area contributed by atoms with Crippen molar-refractivity contribution in [3.8, 4) is 0 Å². The zero-order valence-electron chi connectivity index (χ0n) is 16.3. The zero-order chi connectivity index (χ0) is 19.4. The first-order chi connectivity index (χ1) is 12.2. The van der Waals surface area contributed by atoms with E-state index in [1.807, 2.05) is 13.8 Å². The topological polar surface area (TPSA) is 85.6 Å². The lowest BCUT2D eigenvalue weighted by Gasteiger charge is -2.31. The van der Waals surface area contributed by atoms with Gasteiger partial charge in [0.25, 0.3) is 5.91 Å². The molecule has 1 saturated carbocycles. The summed E-state index contributed by atoms with van der Waals surface area (Å²) in [7, 11) is 0. The Morgan fingerprint density at radius 2 is 1.88 bits per heavy atom. The van der Waals surface area contributed by atoms with Gasteiger partial charge in [-0.1, -0.05) is 33.6 Å². The Morgan fingerprint density at radius 1 is 1.23 bits per heavy atom. The number of hydrogen-bond donors (Lipinski definition) is 1. The molecule has 1 aliphatic rings. The minimum Gasteiger partial charge on any atom is -0.448 e. The Kier molecular flexibility index (Phi) is 6.62. The van der Waals surface area contributed by atoms with Crippen LogP contribution in [0.4, 0.5) is 0 Å². The number of rotatable bonds is 5. The molecule has 1 fully saturated rings. The van der Waals surface area contributed by atoms with Crippen LogP contribution >= 0.6 is 0 Å². The van der Waals surface area contributed by atoms with Crippen LogP contribution in [-0.4, -0.2) is 24.0 Å². The molecule has 144 valence electrons. The predicted molar refractivity (Wildman–Crippen MR) is 98.1 cm³/mol. The highest BCUT2D eigenvalue weighted by Crippen LogP contribution is 2.24. The molecule has 1 amide bonds. The molecule has 1 aromatic rings. The second-order valence-corrected chi connectivity index (χ2v) is 7.63. The number of esters is 1. The molecule has 0 radical (unpaired) electrons. The van der Waals surface area contributed by atoms with Crippen molar-refractivity contribution in [1.29, 1.82) is 0 Å². The number of carbonyl (C=O) groups is 2. The van der Waals surface area contributed by atoms with Gasteiger partial charge in [-0.05, 0) is 44.1 Å². The summed E-state index contributed by atoms with van der Waals surface area (Å²) >= 11 is 0. The Labute approximate surface area is 154 Å². The van der Waals surface area contributed by atoms with Crippen LogP contribution < -0.4 is 10.9 Å². The second kappa shape index (κ2) is 8.52. The molecule has 1 heterocycles. The molecule has 6 nitrogen and oxygen atoms in total. The van der Waals surface area contributed by atoms with Crippen molar-refractivity contribution in [3.63, 3.8) is 0 Å². The van der Waals surface area contributed by atoms with Crippen LogP contribution in [0, 0.1) is 25.7 Å². The van der Waals surface area contributed by atoms with E-state index in [1.165, 1.54) is 12.5 Å². The molecule has 6 heteroatoms. The Morgan fingerprint density at radius 3 is 2.46 bits per heavy atom. The van der Waals surface area contributed by atoms with E-state index in [4.69, 9.17) is 9.15 Å². The standard InChI is InChI=1S/C20H29NO5/c1-11(2)18(19(23)21-15-9-7-6-8-12(15)3)26-20(24)17-13(4)10-16(22)25-14(17)5/h10-12,15,18H,6-9H2,1-5H3,(H,21,23)/t12-,15-,18+/m1/s1. The maximum Gasteiger partial charge on any atom is 0.342 e. The lowest BCUT2D eigenvalue weighted by atomic mass is 9.85. The molecule has 0 spiro atoms. The average Bonchev–Trinajstić information content (AvgIpc) is 2.53. The molecular weight excluding hydrogens is 334 g/mol. The first-order valence-electron chi connectivity index (χ1n) is 9.33. The van der Waals surface area contributed by atoms with Crippen LogP contribution in [0.2, 0.25) is 0 Å². The number of carbonyl (C=O) groups excluding carboxylic acids is 2. The van der Waals surface area contributed by atoms with Crippen LogP contribution in [0.15, 0.2) is 15.3 Å². The number of hydrogen-bond acceptors (Lipinski definition) is 5. The normalized spacial score (nSPS) is 21.3. The van der Waals surface area contributed by atoms with Gasteiger partial charge in [0, 0.05) is 12.1 Å². The minimum atomic E-state index is -0.887. The fourth-order valence-corrected chi connectivity index (χ4v) is 3.52. The van der Waals surface area contributed by atoms with E-state index in [0.29, 0.717) is 11.5 Å². The molecule has 2 rings (SSSR count). The van der Waals surface area contributed by atoms with Gasteiger partial charge in [-0.3, -0.25) is 4.79 Å².